The van der Waals surface area contributed by atoms with Crippen LogP contribution >= 0.6 is 22.6 Å². The minimum absolute atomic E-state index is 0.292. The second kappa shape index (κ2) is 3.69. The first-order valence-electron chi connectivity index (χ1n) is 3.88. The molecule has 0 aromatic heterocycles. The highest BCUT2D eigenvalue weighted by atomic mass is 127. The summed E-state index contributed by atoms with van der Waals surface area (Å²) in [4.78, 5) is 11.2. The van der Waals surface area contributed by atoms with Crippen LogP contribution in [-0.2, 0) is 4.79 Å². The van der Waals surface area contributed by atoms with E-state index in [1.54, 1.807) is 0 Å². The Morgan fingerprint density at radius 2 is 2.20 bits per heavy atom. The smallest absolute Gasteiger partial charge is 0.145 e. The van der Waals surface area contributed by atoms with Crippen LogP contribution in [0, 0.1) is 5.92 Å². The predicted octanol–water partition coefficient (Wildman–Crippen LogP) is 2.57. The molecule has 58 valence electrons. The second-order valence-corrected chi connectivity index (χ2v) is 4.43. The quantitative estimate of drug-likeness (QED) is 0.368. The molecule has 2 atom stereocenters. The third-order valence-electron chi connectivity index (χ3n) is 2.14. The van der Waals surface area contributed by atoms with Gasteiger partial charge in [0.15, 0.2) is 0 Å². The maximum atomic E-state index is 11.2. The van der Waals surface area contributed by atoms with Crippen LogP contribution in [0.2, 0.25) is 0 Å². The molecule has 1 fully saturated rings. The van der Waals surface area contributed by atoms with Crippen LogP contribution in [0.25, 0.3) is 0 Å². The highest BCUT2D eigenvalue weighted by molar-refractivity contribution is 14.1. The van der Waals surface area contributed by atoms with E-state index >= 15 is 0 Å². The van der Waals surface area contributed by atoms with Crippen molar-refractivity contribution in [2.45, 2.75) is 36.5 Å². The summed E-state index contributed by atoms with van der Waals surface area (Å²) < 4.78 is 0.292. The zero-order chi connectivity index (χ0) is 7.56. The van der Waals surface area contributed by atoms with Gasteiger partial charge in [-0.15, -0.1) is 0 Å². The second-order valence-electron chi connectivity index (χ2n) is 3.09. The fourth-order valence-corrected chi connectivity index (χ4v) is 2.04. The number of carbonyl (C=O) groups is 1. The van der Waals surface area contributed by atoms with Gasteiger partial charge in [0.05, 0.1) is 3.92 Å². The summed E-state index contributed by atoms with van der Waals surface area (Å²) >= 11 is 2.28. The fraction of sp³-hybridized carbons (Fsp3) is 0.875. The van der Waals surface area contributed by atoms with Gasteiger partial charge < -0.3 is 0 Å². The molecule has 0 spiro atoms. The summed E-state index contributed by atoms with van der Waals surface area (Å²) in [6, 6.07) is 0. The molecule has 0 saturated heterocycles. The van der Waals surface area contributed by atoms with Gasteiger partial charge in [0.1, 0.15) is 5.78 Å². The van der Waals surface area contributed by atoms with Crippen LogP contribution < -0.4 is 0 Å². The maximum Gasteiger partial charge on any atom is 0.145 e. The fourth-order valence-electron chi connectivity index (χ4n) is 1.37. The molecule has 0 amide bonds. The molecule has 0 N–H and O–H groups in total. The highest BCUT2D eigenvalue weighted by Gasteiger charge is 2.23. The van der Waals surface area contributed by atoms with Gasteiger partial charge in [0.25, 0.3) is 0 Å². The Bertz CT molecular complexity index is 133. The Hall–Kier alpha value is 0.400. The van der Waals surface area contributed by atoms with Gasteiger partial charge in [-0.3, -0.25) is 4.79 Å². The number of rotatable bonds is 0. The molecule has 1 rings (SSSR count). The van der Waals surface area contributed by atoms with Crippen LogP contribution in [0.15, 0.2) is 0 Å². The highest BCUT2D eigenvalue weighted by Crippen LogP contribution is 2.25. The average Bonchev–Trinajstić information content (AvgIpc) is 2.04. The number of hydrogen-bond acceptors (Lipinski definition) is 1. The first-order valence-corrected chi connectivity index (χ1v) is 5.13. The zero-order valence-electron chi connectivity index (χ0n) is 6.27. The molecule has 0 heterocycles. The van der Waals surface area contributed by atoms with E-state index < -0.39 is 0 Å². The average molecular weight is 252 g/mol. The van der Waals surface area contributed by atoms with Crippen molar-refractivity contribution in [1.29, 1.82) is 0 Å². The van der Waals surface area contributed by atoms with Crippen molar-refractivity contribution in [2.24, 2.45) is 5.92 Å². The van der Waals surface area contributed by atoms with E-state index in [4.69, 9.17) is 0 Å². The number of Topliss-reactive ketones (excluding diaryl/α,β-unsaturated/α-hetero) is 1. The largest absolute Gasteiger partial charge is 0.299 e. The molecule has 0 bridgehead atoms. The van der Waals surface area contributed by atoms with E-state index in [2.05, 4.69) is 29.5 Å². The summed E-state index contributed by atoms with van der Waals surface area (Å²) in [5, 5.41) is 0. The van der Waals surface area contributed by atoms with Crippen LogP contribution in [0.1, 0.15) is 32.6 Å². The summed E-state index contributed by atoms with van der Waals surface area (Å²) in [7, 11) is 0. The Labute approximate surface area is 75.7 Å². The van der Waals surface area contributed by atoms with Gasteiger partial charge in [0.2, 0.25) is 0 Å². The van der Waals surface area contributed by atoms with E-state index in [-0.39, 0.29) is 0 Å². The Morgan fingerprint density at radius 1 is 1.50 bits per heavy atom. The molecule has 1 saturated carbocycles. The summed E-state index contributed by atoms with van der Waals surface area (Å²) in [6.07, 6.45) is 4.41. The lowest BCUT2D eigenvalue weighted by molar-refractivity contribution is -0.118. The molecular formula is C8H13IO. The lowest BCUT2D eigenvalue weighted by Gasteiger charge is -2.11. The zero-order valence-corrected chi connectivity index (χ0v) is 8.43. The Balaban J connectivity index is 2.55. The van der Waals surface area contributed by atoms with Crippen molar-refractivity contribution in [3.8, 4) is 0 Å². The predicted molar refractivity (Wildman–Crippen MR) is 50.4 cm³/mol. The van der Waals surface area contributed by atoms with Crippen molar-refractivity contribution in [3.63, 3.8) is 0 Å². The van der Waals surface area contributed by atoms with Crippen molar-refractivity contribution >= 4 is 28.4 Å². The summed E-state index contributed by atoms with van der Waals surface area (Å²) in [5.74, 6) is 1.07. The molecule has 2 heteroatoms. The van der Waals surface area contributed by atoms with Crippen molar-refractivity contribution in [2.75, 3.05) is 0 Å². The molecule has 10 heavy (non-hydrogen) atoms. The molecule has 0 aliphatic heterocycles. The van der Waals surface area contributed by atoms with Crippen molar-refractivity contribution < 1.29 is 4.79 Å². The Kier molecular flexibility index (Phi) is 3.14. The molecule has 1 nitrogen and oxygen atoms in total. The number of halogens is 1. The lowest BCUT2D eigenvalue weighted by Crippen LogP contribution is -2.18. The monoisotopic (exact) mass is 252 g/mol. The number of hydrogen-bond donors (Lipinski definition) is 0. The van der Waals surface area contributed by atoms with E-state index in [0.717, 1.165) is 12.8 Å². The Morgan fingerprint density at radius 3 is 2.90 bits per heavy atom. The van der Waals surface area contributed by atoms with Gasteiger partial charge in [0, 0.05) is 6.42 Å². The number of carbonyl (C=O) groups excluding carboxylic acids is 1. The molecular weight excluding hydrogens is 239 g/mol. The first-order chi connectivity index (χ1) is 4.72. The van der Waals surface area contributed by atoms with Crippen LogP contribution in [0.4, 0.5) is 0 Å². The normalized spacial score (nSPS) is 35.6. The van der Waals surface area contributed by atoms with Crippen molar-refractivity contribution in [3.05, 3.63) is 0 Å². The third kappa shape index (κ3) is 1.94. The lowest BCUT2D eigenvalue weighted by atomic mass is 10.0. The molecule has 0 aromatic carbocycles. The number of alkyl halides is 1. The van der Waals surface area contributed by atoms with Gasteiger partial charge in [-0.1, -0.05) is 35.9 Å². The van der Waals surface area contributed by atoms with Crippen LogP contribution in [0.5, 0.6) is 0 Å². The molecule has 1 aliphatic rings. The molecule has 0 aromatic rings. The summed E-state index contributed by atoms with van der Waals surface area (Å²) in [6.45, 7) is 2.18. The van der Waals surface area contributed by atoms with E-state index in [1.165, 1.54) is 12.8 Å². The van der Waals surface area contributed by atoms with Gasteiger partial charge in [-0.25, -0.2) is 0 Å². The maximum absolute atomic E-state index is 11.2. The molecule has 0 radical (unpaired) electrons. The first kappa shape index (κ1) is 8.50. The van der Waals surface area contributed by atoms with E-state index in [1.807, 2.05) is 0 Å². The minimum Gasteiger partial charge on any atom is -0.299 e. The molecule has 0 unspecified atom stereocenters. The third-order valence-corrected chi connectivity index (χ3v) is 4.06. The van der Waals surface area contributed by atoms with Gasteiger partial charge in [-0.2, -0.15) is 0 Å². The van der Waals surface area contributed by atoms with E-state index in [0.29, 0.717) is 15.6 Å². The van der Waals surface area contributed by atoms with Crippen LogP contribution in [-0.4, -0.2) is 9.71 Å². The van der Waals surface area contributed by atoms with Crippen molar-refractivity contribution in [1.82, 2.24) is 0 Å². The van der Waals surface area contributed by atoms with Gasteiger partial charge in [-0.05, 0) is 18.8 Å². The topological polar surface area (TPSA) is 17.1 Å². The standard InChI is InChI=1S/C8H13IO/c1-6-4-2-3-5-7(10)8(6)9/h6,8H,2-5H2,1H3/t6-,8-/m0/s1. The van der Waals surface area contributed by atoms with E-state index in [9.17, 15) is 4.79 Å². The number of ketones is 1. The van der Waals surface area contributed by atoms with Crippen LogP contribution in [0.3, 0.4) is 0 Å². The van der Waals surface area contributed by atoms with Gasteiger partial charge >= 0.3 is 0 Å². The SMILES string of the molecule is C[C@H]1CCCCC(=O)[C@H]1I. The molecule has 1 aliphatic carbocycles. The minimum atomic E-state index is 0.292. The summed E-state index contributed by atoms with van der Waals surface area (Å²) in [5.41, 5.74) is 0.